The van der Waals surface area contributed by atoms with Gasteiger partial charge >= 0.3 is 0 Å². The average molecular weight is 363 g/mol. The first-order valence-electron chi connectivity index (χ1n) is 10.7. The molecule has 0 saturated heterocycles. The maximum Gasteiger partial charge on any atom is -0.00206 e. The third kappa shape index (κ3) is 1.86. The SMILES string of the molecule is CC(C)c1c2c(c(C(C)C)c3ccccc13)-c1ccc3c4c(ccc-2c14)CC3. The summed E-state index contributed by atoms with van der Waals surface area (Å²) in [6.45, 7) is 9.43. The Hall–Kier alpha value is -2.60. The number of hydrogen-bond donors (Lipinski definition) is 0. The number of fused-ring (bicyclic) bond motifs is 4. The summed E-state index contributed by atoms with van der Waals surface area (Å²) in [7, 11) is 0. The Kier molecular flexibility index (Phi) is 3.20. The lowest BCUT2D eigenvalue weighted by Crippen LogP contribution is -2.01. The molecular weight excluding hydrogens is 336 g/mol. The lowest BCUT2D eigenvalue weighted by molar-refractivity contribution is 0.864. The van der Waals surface area contributed by atoms with Gasteiger partial charge in [0.2, 0.25) is 0 Å². The number of aryl methyl sites for hydroxylation is 2. The van der Waals surface area contributed by atoms with Gasteiger partial charge in [0, 0.05) is 0 Å². The monoisotopic (exact) mass is 362 g/mol. The predicted molar refractivity (Wildman–Crippen MR) is 121 cm³/mol. The molecule has 2 aliphatic rings. The van der Waals surface area contributed by atoms with Crippen molar-refractivity contribution in [2.24, 2.45) is 0 Å². The predicted octanol–water partition coefficient (Wildman–Crippen LogP) is 7.99. The van der Waals surface area contributed by atoms with Gasteiger partial charge in [-0.25, -0.2) is 0 Å². The van der Waals surface area contributed by atoms with Crippen molar-refractivity contribution >= 4 is 21.5 Å². The highest BCUT2D eigenvalue weighted by molar-refractivity contribution is 6.21. The second-order valence-corrected chi connectivity index (χ2v) is 9.23. The molecule has 0 radical (unpaired) electrons. The highest BCUT2D eigenvalue weighted by atomic mass is 14.4. The zero-order valence-electron chi connectivity index (χ0n) is 17.2. The molecule has 0 bridgehead atoms. The van der Waals surface area contributed by atoms with Gasteiger partial charge in [0.05, 0.1) is 0 Å². The zero-order valence-corrected chi connectivity index (χ0v) is 17.2. The van der Waals surface area contributed by atoms with E-state index in [1.165, 1.54) is 62.4 Å². The Morgan fingerprint density at radius 3 is 1.46 bits per heavy atom. The molecule has 6 rings (SSSR count). The first-order chi connectivity index (χ1) is 13.6. The number of rotatable bonds is 2. The van der Waals surface area contributed by atoms with E-state index in [-0.39, 0.29) is 0 Å². The summed E-state index contributed by atoms with van der Waals surface area (Å²) >= 11 is 0. The topological polar surface area (TPSA) is 0 Å². The Labute approximate surface area is 167 Å². The summed E-state index contributed by atoms with van der Waals surface area (Å²) in [5.74, 6) is 0.988. The highest BCUT2D eigenvalue weighted by Crippen LogP contribution is 2.56. The van der Waals surface area contributed by atoms with Gasteiger partial charge in [-0.3, -0.25) is 0 Å². The minimum atomic E-state index is 0.494. The molecule has 0 spiro atoms. The molecule has 0 heterocycles. The van der Waals surface area contributed by atoms with Gasteiger partial charge in [0.1, 0.15) is 0 Å². The van der Waals surface area contributed by atoms with Crippen LogP contribution in [0.25, 0.3) is 43.8 Å². The Morgan fingerprint density at radius 2 is 1.04 bits per heavy atom. The second kappa shape index (κ2) is 5.47. The summed E-state index contributed by atoms with van der Waals surface area (Å²) < 4.78 is 0. The minimum Gasteiger partial charge on any atom is -0.0616 e. The lowest BCUT2D eigenvalue weighted by atomic mass is 9.80. The summed E-state index contributed by atoms with van der Waals surface area (Å²) in [6, 6.07) is 18.8. The second-order valence-electron chi connectivity index (χ2n) is 9.23. The first kappa shape index (κ1) is 16.4. The molecular formula is C28H26. The van der Waals surface area contributed by atoms with Crippen LogP contribution in [0.1, 0.15) is 61.8 Å². The lowest BCUT2D eigenvalue weighted by Gasteiger charge is -2.23. The van der Waals surface area contributed by atoms with E-state index in [0.29, 0.717) is 11.8 Å². The molecule has 2 aliphatic carbocycles. The molecule has 0 aromatic heterocycles. The van der Waals surface area contributed by atoms with Crippen LogP contribution < -0.4 is 0 Å². The van der Waals surface area contributed by atoms with E-state index < -0.39 is 0 Å². The number of benzene rings is 4. The molecule has 0 nitrogen and oxygen atoms in total. The summed E-state index contributed by atoms with van der Waals surface area (Å²) in [6.07, 6.45) is 2.39. The standard InChI is InChI=1S/C28H26/c1-15(2)23-19-7-5-6-8-20(19)24(16(3)4)28-22-14-12-18-10-9-17-11-13-21(27(23)28)26(22)25(17)18/h5-8,11-16H,9-10H2,1-4H3. The van der Waals surface area contributed by atoms with Gasteiger partial charge in [0.25, 0.3) is 0 Å². The molecule has 0 atom stereocenters. The maximum absolute atomic E-state index is 2.42. The van der Waals surface area contributed by atoms with Crippen LogP contribution >= 0.6 is 0 Å². The van der Waals surface area contributed by atoms with Gasteiger partial charge in [-0.05, 0) is 90.7 Å². The van der Waals surface area contributed by atoms with Crippen LogP contribution in [0.2, 0.25) is 0 Å². The van der Waals surface area contributed by atoms with Crippen molar-refractivity contribution in [2.45, 2.75) is 52.4 Å². The minimum absolute atomic E-state index is 0.494. The summed E-state index contributed by atoms with van der Waals surface area (Å²) in [4.78, 5) is 0. The van der Waals surface area contributed by atoms with Crippen LogP contribution in [-0.4, -0.2) is 0 Å². The van der Waals surface area contributed by atoms with Gasteiger partial charge < -0.3 is 0 Å². The molecule has 4 aromatic carbocycles. The van der Waals surface area contributed by atoms with Crippen LogP contribution in [0.15, 0.2) is 48.5 Å². The smallest absolute Gasteiger partial charge is 0.00206 e. The fraction of sp³-hybridized carbons (Fsp3) is 0.286. The third-order valence-corrected chi connectivity index (χ3v) is 6.99. The van der Waals surface area contributed by atoms with E-state index in [1.807, 2.05) is 0 Å². The van der Waals surface area contributed by atoms with Gasteiger partial charge in [-0.15, -0.1) is 0 Å². The molecule has 0 saturated carbocycles. The Bertz CT molecular complexity index is 1200. The molecule has 138 valence electrons. The fourth-order valence-corrected chi connectivity index (χ4v) is 6.00. The third-order valence-electron chi connectivity index (χ3n) is 6.99. The van der Waals surface area contributed by atoms with Crippen LogP contribution in [0.4, 0.5) is 0 Å². The van der Waals surface area contributed by atoms with Crippen molar-refractivity contribution in [3.8, 4) is 22.3 Å². The normalized spacial score (nSPS) is 14.1. The van der Waals surface area contributed by atoms with Crippen molar-refractivity contribution in [3.05, 3.63) is 70.8 Å². The van der Waals surface area contributed by atoms with Crippen LogP contribution in [0.5, 0.6) is 0 Å². The van der Waals surface area contributed by atoms with E-state index in [0.717, 1.165) is 0 Å². The Balaban J connectivity index is 1.91. The first-order valence-corrected chi connectivity index (χ1v) is 10.7. The molecule has 0 amide bonds. The van der Waals surface area contributed by atoms with Gasteiger partial charge in [-0.1, -0.05) is 76.2 Å². The summed E-state index contributed by atoms with van der Waals surface area (Å²) in [5, 5.41) is 5.97. The average Bonchev–Trinajstić information content (AvgIpc) is 3.23. The zero-order chi connectivity index (χ0) is 19.2. The largest absolute Gasteiger partial charge is 0.0616 e. The van der Waals surface area contributed by atoms with Crippen molar-refractivity contribution < 1.29 is 0 Å². The molecule has 0 aliphatic heterocycles. The summed E-state index contributed by atoms with van der Waals surface area (Å²) in [5.41, 5.74) is 12.1. The maximum atomic E-state index is 2.42. The van der Waals surface area contributed by atoms with E-state index in [1.54, 1.807) is 16.5 Å². The van der Waals surface area contributed by atoms with Crippen LogP contribution in [-0.2, 0) is 12.8 Å². The number of hydrogen-bond acceptors (Lipinski definition) is 0. The molecule has 0 heteroatoms. The van der Waals surface area contributed by atoms with Crippen molar-refractivity contribution in [1.29, 1.82) is 0 Å². The van der Waals surface area contributed by atoms with Crippen LogP contribution in [0.3, 0.4) is 0 Å². The molecule has 0 N–H and O–H groups in total. The van der Waals surface area contributed by atoms with E-state index in [2.05, 4.69) is 76.2 Å². The van der Waals surface area contributed by atoms with E-state index in [9.17, 15) is 0 Å². The van der Waals surface area contributed by atoms with Crippen molar-refractivity contribution in [3.63, 3.8) is 0 Å². The molecule has 0 unspecified atom stereocenters. The molecule has 4 aromatic rings. The molecule has 28 heavy (non-hydrogen) atoms. The fourth-order valence-electron chi connectivity index (χ4n) is 6.00. The molecule has 0 fully saturated rings. The highest BCUT2D eigenvalue weighted by Gasteiger charge is 2.32. The quantitative estimate of drug-likeness (QED) is 0.298. The van der Waals surface area contributed by atoms with Crippen LogP contribution in [0, 0.1) is 0 Å². The van der Waals surface area contributed by atoms with Gasteiger partial charge in [-0.2, -0.15) is 0 Å². The van der Waals surface area contributed by atoms with Crippen molar-refractivity contribution in [2.75, 3.05) is 0 Å². The van der Waals surface area contributed by atoms with Crippen molar-refractivity contribution in [1.82, 2.24) is 0 Å². The van der Waals surface area contributed by atoms with E-state index in [4.69, 9.17) is 0 Å². The van der Waals surface area contributed by atoms with Gasteiger partial charge in [0.15, 0.2) is 0 Å². The van der Waals surface area contributed by atoms with E-state index >= 15 is 0 Å². The Morgan fingerprint density at radius 1 is 0.571 bits per heavy atom.